The molecule has 3 unspecified atom stereocenters. The molecule has 1 aromatic rings. The van der Waals surface area contributed by atoms with Crippen LogP contribution in [-0.4, -0.2) is 61.9 Å². The fraction of sp³-hybridized carbons (Fsp3) is 0.652. The topological polar surface area (TPSA) is 60.9 Å². The maximum atomic E-state index is 12.9. The van der Waals surface area contributed by atoms with Crippen LogP contribution in [0.4, 0.5) is 0 Å². The molecule has 6 nitrogen and oxygen atoms in total. The average Bonchev–Trinajstić information content (AvgIpc) is 3.23. The van der Waals surface area contributed by atoms with Crippen LogP contribution in [0.25, 0.3) is 0 Å². The van der Waals surface area contributed by atoms with Crippen LogP contribution in [0, 0.1) is 34.5 Å². The summed E-state index contributed by atoms with van der Waals surface area (Å²) in [4.78, 5) is 19.3. The van der Waals surface area contributed by atoms with Gasteiger partial charge in [0.1, 0.15) is 17.2 Å². The van der Waals surface area contributed by atoms with Crippen LogP contribution < -0.4 is 4.74 Å². The molecule has 9 heteroatoms. The number of carbonyl (C=O) groups excluding carboxylic acids is 1. The summed E-state index contributed by atoms with van der Waals surface area (Å²) in [6.45, 7) is 11.1. The maximum Gasteiger partial charge on any atom is 0.341 e. The first-order valence-corrected chi connectivity index (χ1v) is 11.5. The zero-order valence-corrected chi connectivity index (χ0v) is 20.9. The number of esters is 1. The predicted molar refractivity (Wildman–Crippen MR) is 126 cm³/mol. The van der Waals surface area contributed by atoms with Crippen LogP contribution in [0.15, 0.2) is 6.20 Å². The molecule has 3 atom stereocenters. The van der Waals surface area contributed by atoms with Crippen LogP contribution >= 0.6 is 35.6 Å². The van der Waals surface area contributed by atoms with Gasteiger partial charge in [-0.2, -0.15) is 0 Å². The van der Waals surface area contributed by atoms with Crippen molar-refractivity contribution in [2.24, 2.45) is 22.7 Å². The lowest BCUT2D eigenvalue weighted by molar-refractivity contribution is 0.0317. The molecule has 0 N–H and O–H groups in total. The monoisotopic (exact) mass is 502 g/mol. The molecule has 4 rings (SSSR count). The predicted octanol–water partition coefficient (Wildman–Crippen LogP) is 4.36. The first kappa shape index (κ1) is 25.4. The Labute approximate surface area is 205 Å². The Morgan fingerprint density at radius 3 is 2.75 bits per heavy atom. The number of morpholine rings is 1. The SMILES string of the molecule is CC1C#CC2C(C)(C)C2(COC(=O)c2c(Cl)cnc(OCCN3CCOCC3)c2Cl)C1.Cl. The van der Waals surface area contributed by atoms with E-state index in [4.69, 9.17) is 37.4 Å². The molecule has 3 aliphatic rings. The van der Waals surface area contributed by atoms with E-state index in [0.717, 1.165) is 39.3 Å². The number of pyridine rings is 1. The molecule has 1 aliphatic heterocycles. The van der Waals surface area contributed by atoms with Gasteiger partial charge in [-0.3, -0.25) is 4.90 Å². The van der Waals surface area contributed by atoms with Crippen LogP contribution in [0.2, 0.25) is 10.0 Å². The number of halogens is 3. The Morgan fingerprint density at radius 1 is 1.31 bits per heavy atom. The summed E-state index contributed by atoms with van der Waals surface area (Å²) in [7, 11) is 0. The fourth-order valence-electron chi connectivity index (χ4n) is 4.89. The quantitative estimate of drug-likeness (QED) is 0.407. The van der Waals surface area contributed by atoms with E-state index in [0.29, 0.717) is 13.2 Å². The highest BCUT2D eigenvalue weighted by atomic mass is 35.5. The number of nitrogens with zero attached hydrogens (tertiary/aromatic N) is 2. The standard InChI is InChI=1S/C23H28Cl2N2O4.ClH/c1-15-4-5-17-22(2,3)23(17,12-15)14-31-21(28)18-16(24)13-26-20(19(18)25)30-11-8-27-6-9-29-10-7-27;/h13,15,17H,6-12,14H2,1-3H3;1H. The normalized spacial score (nSPS) is 27.9. The van der Waals surface area contributed by atoms with Gasteiger partial charge in [0.15, 0.2) is 0 Å². The molecule has 32 heavy (non-hydrogen) atoms. The van der Waals surface area contributed by atoms with Crippen molar-refractivity contribution in [3.05, 3.63) is 21.8 Å². The van der Waals surface area contributed by atoms with Gasteiger partial charge in [-0.05, 0) is 11.8 Å². The van der Waals surface area contributed by atoms with E-state index in [-0.39, 0.29) is 56.6 Å². The number of hydrogen-bond acceptors (Lipinski definition) is 6. The number of aromatic nitrogens is 1. The second-order valence-electron chi connectivity index (χ2n) is 9.18. The molecule has 0 spiro atoms. The zero-order valence-electron chi connectivity index (χ0n) is 18.6. The van der Waals surface area contributed by atoms with E-state index >= 15 is 0 Å². The fourth-order valence-corrected chi connectivity index (χ4v) is 5.44. The van der Waals surface area contributed by atoms with Crippen LogP contribution in [0.5, 0.6) is 5.88 Å². The lowest BCUT2D eigenvalue weighted by Gasteiger charge is -2.26. The highest BCUT2D eigenvalue weighted by Gasteiger charge is 2.71. The lowest BCUT2D eigenvalue weighted by atomic mass is 9.85. The lowest BCUT2D eigenvalue weighted by Crippen LogP contribution is -2.38. The number of rotatable bonds is 7. The van der Waals surface area contributed by atoms with Crippen molar-refractivity contribution in [1.29, 1.82) is 0 Å². The van der Waals surface area contributed by atoms with Gasteiger partial charge < -0.3 is 14.2 Å². The summed E-state index contributed by atoms with van der Waals surface area (Å²) in [5, 5.41) is 0.233. The zero-order chi connectivity index (χ0) is 22.2. The van der Waals surface area contributed by atoms with E-state index in [1.165, 1.54) is 6.20 Å². The highest BCUT2D eigenvalue weighted by molar-refractivity contribution is 6.39. The van der Waals surface area contributed by atoms with Crippen LogP contribution in [-0.2, 0) is 9.47 Å². The summed E-state index contributed by atoms with van der Waals surface area (Å²) < 4.78 is 16.8. The summed E-state index contributed by atoms with van der Waals surface area (Å²) in [6, 6.07) is 0. The van der Waals surface area contributed by atoms with E-state index in [9.17, 15) is 4.79 Å². The molecule has 0 bridgehead atoms. The molecule has 2 fully saturated rings. The van der Waals surface area contributed by atoms with Gasteiger partial charge in [-0.1, -0.05) is 55.8 Å². The van der Waals surface area contributed by atoms with Crippen molar-refractivity contribution in [1.82, 2.24) is 9.88 Å². The molecule has 1 saturated carbocycles. The number of fused-ring (bicyclic) bond motifs is 1. The molecule has 0 radical (unpaired) electrons. The molecule has 0 aromatic carbocycles. The first-order valence-electron chi connectivity index (χ1n) is 10.7. The van der Waals surface area contributed by atoms with Gasteiger partial charge >= 0.3 is 5.97 Å². The van der Waals surface area contributed by atoms with Gasteiger partial charge in [0.2, 0.25) is 5.88 Å². The highest BCUT2D eigenvalue weighted by Crippen LogP contribution is 2.72. The third-order valence-corrected chi connectivity index (χ3v) is 7.61. The second-order valence-corrected chi connectivity index (χ2v) is 9.97. The number of carbonyl (C=O) groups is 1. The molecular weight excluding hydrogens is 475 g/mol. The van der Waals surface area contributed by atoms with Crippen molar-refractivity contribution in [3.8, 4) is 17.7 Å². The third kappa shape index (κ3) is 4.69. The number of ether oxygens (including phenoxy) is 3. The molecular formula is C23H29Cl3N2O4. The Bertz CT molecular complexity index is 924. The van der Waals surface area contributed by atoms with Gasteiger partial charge in [0.05, 0.1) is 31.0 Å². The summed E-state index contributed by atoms with van der Waals surface area (Å²) >= 11 is 12.7. The van der Waals surface area contributed by atoms with Gasteiger partial charge in [-0.15, -0.1) is 12.4 Å². The van der Waals surface area contributed by atoms with Crippen molar-refractivity contribution in [3.63, 3.8) is 0 Å². The van der Waals surface area contributed by atoms with Gasteiger partial charge in [-0.25, -0.2) is 9.78 Å². The first-order chi connectivity index (χ1) is 14.8. The Kier molecular flexibility index (Phi) is 7.89. The summed E-state index contributed by atoms with van der Waals surface area (Å²) in [5.74, 6) is 6.78. The molecule has 2 heterocycles. The number of hydrogen-bond donors (Lipinski definition) is 0. The maximum absolute atomic E-state index is 12.9. The molecule has 1 aromatic heterocycles. The third-order valence-electron chi connectivity index (χ3n) is 6.97. The van der Waals surface area contributed by atoms with Crippen molar-refractivity contribution >= 4 is 41.6 Å². The molecule has 2 aliphatic carbocycles. The van der Waals surface area contributed by atoms with Crippen LogP contribution in [0.3, 0.4) is 0 Å². The van der Waals surface area contributed by atoms with Gasteiger partial charge in [0, 0.05) is 36.9 Å². The van der Waals surface area contributed by atoms with Crippen LogP contribution in [0.1, 0.15) is 37.6 Å². The van der Waals surface area contributed by atoms with Crippen molar-refractivity contribution in [2.75, 3.05) is 46.1 Å². The van der Waals surface area contributed by atoms with E-state index < -0.39 is 5.97 Å². The summed E-state index contributed by atoms with van der Waals surface area (Å²) in [5.41, 5.74) is 0.00240. The summed E-state index contributed by atoms with van der Waals surface area (Å²) in [6.07, 6.45) is 2.29. The Hall–Kier alpha value is -1.23. The Balaban J connectivity index is 0.00000289. The minimum absolute atomic E-state index is 0. The molecule has 0 amide bonds. The minimum Gasteiger partial charge on any atom is -0.475 e. The van der Waals surface area contributed by atoms with Crippen molar-refractivity contribution < 1.29 is 19.0 Å². The molecule has 1 saturated heterocycles. The largest absolute Gasteiger partial charge is 0.475 e. The average molecular weight is 504 g/mol. The smallest absolute Gasteiger partial charge is 0.341 e. The molecule has 176 valence electrons. The van der Waals surface area contributed by atoms with E-state index in [2.05, 4.69) is 42.5 Å². The Morgan fingerprint density at radius 2 is 2.03 bits per heavy atom. The van der Waals surface area contributed by atoms with E-state index in [1.54, 1.807) is 0 Å². The second kappa shape index (κ2) is 9.95. The van der Waals surface area contributed by atoms with Gasteiger partial charge in [0.25, 0.3) is 0 Å². The minimum atomic E-state index is -0.558. The van der Waals surface area contributed by atoms with E-state index in [1.807, 2.05) is 0 Å². The van der Waals surface area contributed by atoms with Crippen molar-refractivity contribution in [2.45, 2.75) is 27.2 Å².